The molecule has 62 heavy (non-hydrogen) atoms. The Balaban J connectivity index is 1.33. The van der Waals surface area contributed by atoms with Crippen molar-refractivity contribution in [2.75, 3.05) is 14.7 Å². The van der Waals surface area contributed by atoms with Crippen molar-refractivity contribution in [3.63, 3.8) is 0 Å². The van der Waals surface area contributed by atoms with Crippen LogP contribution in [0, 0.1) is 0 Å². The van der Waals surface area contributed by atoms with Gasteiger partial charge in [0.25, 0.3) is 6.71 Å². The molecule has 6 aromatic rings. The molecular weight excluding hydrogens is 749 g/mol. The van der Waals surface area contributed by atoms with Gasteiger partial charge in [-0.2, -0.15) is 0 Å². The fourth-order valence-corrected chi connectivity index (χ4v) is 11.3. The van der Waals surface area contributed by atoms with E-state index >= 15 is 0 Å². The Bertz CT molecular complexity index is 2620. The number of anilines is 8. The maximum absolute atomic E-state index is 2.73. The monoisotopic (exact) mass is 816 g/mol. The molecule has 0 amide bonds. The van der Waals surface area contributed by atoms with Gasteiger partial charge >= 0.3 is 0 Å². The molecule has 0 radical (unpaired) electrons. The number of rotatable bonds is 3. The first-order chi connectivity index (χ1) is 29.0. The molecule has 4 aliphatic rings. The van der Waals surface area contributed by atoms with E-state index in [9.17, 15) is 0 Å². The van der Waals surface area contributed by atoms with Crippen LogP contribution in [0.25, 0.3) is 0 Å². The number of para-hydroxylation sites is 1. The van der Waals surface area contributed by atoms with Crippen LogP contribution < -0.4 is 31.1 Å². The summed E-state index contributed by atoms with van der Waals surface area (Å²) in [6.07, 6.45) is 2.35. The summed E-state index contributed by atoms with van der Waals surface area (Å²) in [7, 11) is 0. The lowest BCUT2D eigenvalue weighted by Crippen LogP contribution is -2.62. The van der Waals surface area contributed by atoms with Gasteiger partial charge < -0.3 is 14.7 Å². The molecule has 3 heterocycles. The van der Waals surface area contributed by atoms with E-state index in [2.05, 4.69) is 233 Å². The van der Waals surface area contributed by atoms with Gasteiger partial charge in [0.2, 0.25) is 0 Å². The van der Waals surface area contributed by atoms with Crippen molar-refractivity contribution in [1.82, 2.24) is 0 Å². The quantitative estimate of drug-likeness (QED) is 0.165. The summed E-state index contributed by atoms with van der Waals surface area (Å²) >= 11 is 0. The number of fused-ring (bicyclic) bond motifs is 7. The van der Waals surface area contributed by atoms with Gasteiger partial charge in [0.05, 0.1) is 5.54 Å². The van der Waals surface area contributed by atoms with Crippen LogP contribution >= 0.6 is 0 Å². The zero-order valence-corrected chi connectivity index (χ0v) is 39.9. The fraction of sp³-hybridized carbons (Fsp3) is 0.379. The highest BCUT2D eigenvalue weighted by Gasteiger charge is 2.63. The van der Waals surface area contributed by atoms with Crippen LogP contribution in [0.1, 0.15) is 138 Å². The molecular formula is C58H66BN3. The van der Waals surface area contributed by atoms with E-state index in [1.165, 1.54) is 96.1 Å². The van der Waals surface area contributed by atoms with Crippen LogP contribution in [0.4, 0.5) is 45.5 Å². The minimum absolute atomic E-state index is 0.0131. The molecule has 0 saturated heterocycles. The maximum atomic E-state index is 2.73. The summed E-state index contributed by atoms with van der Waals surface area (Å²) in [6.45, 7) is 33.0. The van der Waals surface area contributed by atoms with Crippen LogP contribution in [0.3, 0.4) is 0 Å². The standard InChI is InChI=1S/C58H66BN3/c1-53(2,3)37-19-25-41(26-20-37)60-48-29-23-39(55(7,8)9)33-45(48)59-46-34-40(56(10,11)12)24-30-49(46)61(42-27-21-38(22-28-42)54(4,5)6)51-36-43(35-50(60)52(51)59)62-47-18-16-15-17-44(47)57(13)31-32-58(57,62)14/h15-30,33-36H,31-32H2,1-14H3. The number of hydrogen-bond donors (Lipinski definition) is 0. The largest absolute Gasteiger partial charge is 0.334 e. The lowest BCUT2D eigenvalue weighted by Gasteiger charge is -2.56. The summed E-state index contributed by atoms with van der Waals surface area (Å²) in [5.74, 6) is 0. The van der Waals surface area contributed by atoms with Crippen LogP contribution in [0.15, 0.2) is 121 Å². The lowest BCUT2D eigenvalue weighted by molar-refractivity contribution is 0.133. The predicted molar refractivity (Wildman–Crippen MR) is 269 cm³/mol. The molecule has 316 valence electrons. The second kappa shape index (κ2) is 13.2. The first-order valence-electron chi connectivity index (χ1n) is 23.2. The Morgan fingerprint density at radius 2 is 0.839 bits per heavy atom. The second-order valence-electron chi connectivity index (χ2n) is 23.6. The van der Waals surface area contributed by atoms with Gasteiger partial charge in [0.1, 0.15) is 0 Å². The Labute approximate surface area is 373 Å². The van der Waals surface area contributed by atoms with Gasteiger partial charge in [-0.3, -0.25) is 0 Å². The SMILES string of the molecule is CC(C)(C)c1ccc(N2c3ccc(C(C)(C)C)cc3B3c4cc(C(C)(C)C)ccc4N(c4ccc(C(C)(C)C)cc4)c4cc(N5c6ccccc6C6(C)CCC56C)cc2c43)cc1. The molecule has 1 aliphatic carbocycles. The molecule has 1 saturated carbocycles. The molecule has 0 spiro atoms. The van der Waals surface area contributed by atoms with E-state index in [4.69, 9.17) is 0 Å². The molecule has 6 aromatic carbocycles. The molecule has 0 aromatic heterocycles. The third-order valence-corrected chi connectivity index (χ3v) is 15.6. The second-order valence-corrected chi connectivity index (χ2v) is 23.6. The first-order valence-corrected chi connectivity index (χ1v) is 23.2. The van der Waals surface area contributed by atoms with E-state index in [1.807, 2.05) is 0 Å². The summed E-state index contributed by atoms with van der Waals surface area (Å²) in [5.41, 5.74) is 21.2. The normalized spacial score (nSPS) is 20.3. The highest BCUT2D eigenvalue weighted by Crippen LogP contribution is 2.65. The molecule has 1 fully saturated rings. The molecule has 10 rings (SSSR count). The van der Waals surface area contributed by atoms with Gasteiger partial charge in [-0.05, 0) is 140 Å². The molecule has 0 N–H and O–H groups in total. The minimum Gasteiger partial charge on any atom is -0.334 e. The third kappa shape index (κ3) is 5.91. The topological polar surface area (TPSA) is 9.72 Å². The van der Waals surface area contributed by atoms with Crippen molar-refractivity contribution >= 4 is 68.6 Å². The van der Waals surface area contributed by atoms with Crippen molar-refractivity contribution in [1.29, 1.82) is 0 Å². The number of nitrogens with zero attached hydrogens (tertiary/aromatic N) is 3. The third-order valence-electron chi connectivity index (χ3n) is 15.6. The molecule has 2 unspecified atom stereocenters. The molecule has 3 aliphatic heterocycles. The summed E-state index contributed by atoms with van der Waals surface area (Å²) < 4.78 is 0. The Morgan fingerprint density at radius 1 is 0.419 bits per heavy atom. The first kappa shape index (κ1) is 40.8. The van der Waals surface area contributed by atoms with Gasteiger partial charge in [-0.25, -0.2) is 0 Å². The lowest BCUT2D eigenvalue weighted by atomic mass is 9.33. The fourth-order valence-electron chi connectivity index (χ4n) is 11.3. The van der Waals surface area contributed by atoms with Crippen molar-refractivity contribution in [2.24, 2.45) is 0 Å². The Hall–Kier alpha value is -5.22. The van der Waals surface area contributed by atoms with Gasteiger partial charge in [-0.15, -0.1) is 0 Å². The zero-order valence-electron chi connectivity index (χ0n) is 39.9. The highest BCUT2D eigenvalue weighted by atomic mass is 15.3. The summed E-state index contributed by atoms with van der Waals surface area (Å²) in [5, 5.41) is 0. The Kier molecular flexibility index (Phi) is 8.67. The van der Waals surface area contributed by atoms with E-state index < -0.39 is 0 Å². The zero-order chi connectivity index (χ0) is 44.1. The molecule has 2 atom stereocenters. The smallest absolute Gasteiger partial charge is 0.252 e. The summed E-state index contributed by atoms with van der Waals surface area (Å²) in [4.78, 5) is 7.95. The average Bonchev–Trinajstić information content (AvgIpc) is 3.34. The van der Waals surface area contributed by atoms with Gasteiger partial charge in [-0.1, -0.05) is 157 Å². The minimum atomic E-state index is -0.0439. The predicted octanol–water partition coefficient (Wildman–Crippen LogP) is 13.9. The molecule has 4 heteroatoms. The van der Waals surface area contributed by atoms with E-state index in [-0.39, 0.29) is 39.3 Å². The Morgan fingerprint density at radius 3 is 1.24 bits per heavy atom. The van der Waals surface area contributed by atoms with Gasteiger partial charge in [0.15, 0.2) is 0 Å². The van der Waals surface area contributed by atoms with E-state index in [0.717, 1.165) is 6.42 Å². The van der Waals surface area contributed by atoms with Crippen molar-refractivity contribution in [3.05, 3.63) is 149 Å². The van der Waals surface area contributed by atoms with Crippen LogP contribution in [0.5, 0.6) is 0 Å². The van der Waals surface area contributed by atoms with Crippen LogP contribution in [-0.2, 0) is 27.1 Å². The number of hydrogen-bond acceptors (Lipinski definition) is 3. The maximum Gasteiger partial charge on any atom is 0.252 e. The van der Waals surface area contributed by atoms with Crippen molar-refractivity contribution < 1.29 is 0 Å². The molecule has 3 nitrogen and oxygen atoms in total. The summed E-state index contributed by atoms with van der Waals surface area (Å²) in [6, 6.07) is 48.0. The van der Waals surface area contributed by atoms with E-state index in [0.29, 0.717) is 0 Å². The number of benzene rings is 6. The van der Waals surface area contributed by atoms with Gasteiger partial charge in [0, 0.05) is 50.9 Å². The molecule has 0 bridgehead atoms. The van der Waals surface area contributed by atoms with Crippen molar-refractivity contribution in [3.8, 4) is 0 Å². The highest BCUT2D eigenvalue weighted by molar-refractivity contribution is 7.00. The van der Waals surface area contributed by atoms with Crippen LogP contribution in [-0.4, -0.2) is 12.3 Å². The van der Waals surface area contributed by atoms with Crippen molar-refractivity contribution in [2.45, 2.75) is 142 Å². The average molecular weight is 816 g/mol. The van der Waals surface area contributed by atoms with E-state index in [1.54, 1.807) is 0 Å². The van der Waals surface area contributed by atoms with Crippen LogP contribution in [0.2, 0.25) is 0 Å².